The van der Waals surface area contributed by atoms with Crippen LogP contribution in [0.2, 0.25) is 0 Å². The number of rotatable bonds is 2. The molecule has 0 saturated carbocycles. The fraction of sp³-hybridized carbons (Fsp3) is 0.857. The molecule has 0 aliphatic carbocycles. The first-order chi connectivity index (χ1) is 10.4. The van der Waals surface area contributed by atoms with Gasteiger partial charge in [0.1, 0.15) is 17.5 Å². The van der Waals surface area contributed by atoms with E-state index in [1.807, 2.05) is 0 Å². The summed E-state index contributed by atoms with van der Waals surface area (Å²) >= 11 is 0. The van der Waals surface area contributed by atoms with E-state index in [1.54, 1.807) is 20.8 Å². The van der Waals surface area contributed by atoms with Crippen molar-refractivity contribution >= 4 is 22.3 Å². The Kier molecular flexibility index (Phi) is 4.62. The van der Waals surface area contributed by atoms with Crippen LogP contribution in [0.15, 0.2) is 0 Å². The highest BCUT2D eigenvalue weighted by Crippen LogP contribution is 2.45. The predicted molar refractivity (Wildman–Crippen MR) is 78.9 cm³/mol. The van der Waals surface area contributed by atoms with Crippen molar-refractivity contribution < 1.29 is 31.4 Å². The number of hydrogen-bond donors (Lipinski definition) is 0. The predicted octanol–water partition coefficient (Wildman–Crippen LogP) is 1.62. The van der Waals surface area contributed by atoms with Crippen LogP contribution in [0.3, 0.4) is 0 Å². The smallest absolute Gasteiger partial charge is 0.410 e. The molecule has 0 bridgehead atoms. The van der Waals surface area contributed by atoms with E-state index in [0.717, 1.165) is 0 Å². The van der Waals surface area contributed by atoms with Crippen LogP contribution in [0.5, 0.6) is 0 Å². The molecular formula is C14H22FNO6S. The van der Waals surface area contributed by atoms with Gasteiger partial charge in [-0.15, -0.1) is 3.89 Å². The molecule has 0 N–H and O–H groups in total. The van der Waals surface area contributed by atoms with Crippen molar-refractivity contribution in [1.29, 1.82) is 0 Å². The lowest BCUT2D eigenvalue weighted by molar-refractivity contribution is -0.141. The van der Waals surface area contributed by atoms with E-state index in [9.17, 15) is 21.9 Å². The van der Waals surface area contributed by atoms with Gasteiger partial charge in [0.25, 0.3) is 0 Å². The van der Waals surface area contributed by atoms with Crippen LogP contribution >= 0.6 is 0 Å². The highest BCUT2D eigenvalue weighted by atomic mass is 32.3. The van der Waals surface area contributed by atoms with E-state index in [0.29, 0.717) is 25.9 Å². The summed E-state index contributed by atoms with van der Waals surface area (Å²) in [5.74, 6) is -1.35. The van der Waals surface area contributed by atoms with Crippen LogP contribution in [0.1, 0.15) is 40.0 Å². The molecule has 23 heavy (non-hydrogen) atoms. The van der Waals surface area contributed by atoms with Gasteiger partial charge in [0, 0.05) is 18.5 Å². The lowest BCUT2D eigenvalue weighted by Crippen LogP contribution is -2.48. The summed E-state index contributed by atoms with van der Waals surface area (Å²) in [6.45, 7) is 5.93. The minimum absolute atomic E-state index is 0.0509. The molecule has 132 valence electrons. The Labute approximate surface area is 135 Å². The SMILES string of the molecule is CC(C)(C)OC(=O)N1CCC2(CC1)CC(=O)OC2CS(=O)(=O)F. The van der Waals surface area contributed by atoms with Crippen LogP contribution in [0, 0.1) is 5.41 Å². The molecule has 1 atom stereocenters. The van der Waals surface area contributed by atoms with Gasteiger partial charge in [0.15, 0.2) is 0 Å². The molecule has 1 amide bonds. The normalized spacial score (nSPS) is 24.6. The molecule has 2 aliphatic rings. The third-order valence-electron chi connectivity index (χ3n) is 4.21. The second-order valence-corrected chi connectivity index (χ2v) is 8.60. The van der Waals surface area contributed by atoms with Crippen molar-refractivity contribution in [1.82, 2.24) is 4.90 Å². The number of likely N-dealkylation sites (tertiary alicyclic amines) is 1. The van der Waals surface area contributed by atoms with E-state index in [-0.39, 0.29) is 6.42 Å². The number of amides is 1. The second kappa shape index (κ2) is 5.92. The van der Waals surface area contributed by atoms with Crippen molar-refractivity contribution in [2.45, 2.75) is 51.7 Å². The Bertz CT molecular complexity index is 589. The summed E-state index contributed by atoms with van der Waals surface area (Å²) in [4.78, 5) is 25.1. The molecular weight excluding hydrogens is 329 g/mol. The average molecular weight is 351 g/mol. The maximum Gasteiger partial charge on any atom is 0.410 e. The minimum Gasteiger partial charge on any atom is -0.461 e. The highest BCUT2D eigenvalue weighted by Gasteiger charge is 2.52. The molecule has 7 nitrogen and oxygen atoms in total. The zero-order valence-electron chi connectivity index (χ0n) is 13.5. The number of halogens is 1. The van der Waals surface area contributed by atoms with E-state index in [2.05, 4.69) is 0 Å². The number of nitrogens with zero attached hydrogens (tertiary/aromatic N) is 1. The lowest BCUT2D eigenvalue weighted by atomic mass is 9.73. The minimum atomic E-state index is -4.74. The molecule has 0 aromatic heterocycles. The maximum absolute atomic E-state index is 13.0. The standard InChI is InChI=1S/C14H22FNO6S/c1-13(2,3)22-12(18)16-6-4-14(5-7-16)8-11(17)21-10(14)9-23(15,19)20/h10H,4-9H2,1-3H3. The lowest BCUT2D eigenvalue weighted by Gasteiger charge is -2.40. The van der Waals surface area contributed by atoms with Crippen molar-refractivity contribution in [2.75, 3.05) is 18.8 Å². The molecule has 1 unspecified atom stereocenters. The molecule has 0 aromatic rings. The molecule has 2 aliphatic heterocycles. The van der Waals surface area contributed by atoms with E-state index < -0.39 is 45.2 Å². The first-order valence-corrected chi connectivity index (χ1v) is 9.05. The van der Waals surface area contributed by atoms with Crippen LogP contribution in [0.25, 0.3) is 0 Å². The Morgan fingerprint density at radius 3 is 2.43 bits per heavy atom. The van der Waals surface area contributed by atoms with Gasteiger partial charge in [-0.2, -0.15) is 8.42 Å². The summed E-state index contributed by atoms with van der Waals surface area (Å²) < 4.78 is 45.1. The van der Waals surface area contributed by atoms with E-state index in [1.165, 1.54) is 4.90 Å². The van der Waals surface area contributed by atoms with Gasteiger partial charge in [-0.3, -0.25) is 4.79 Å². The first kappa shape index (κ1) is 18.0. The third kappa shape index (κ3) is 4.55. The van der Waals surface area contributed by atoms with Gasteiger partial charge in [-0.1, -0.05) is 0 Å². The van der Waals surface area contributed by atoms with Gasteiger partial charge in [-0.05, 0) is 33.6 Å². The second-order valence-electron chi connectivity index (χ2n) is 7.19. The maximum atomic E-state index is 13.0. The number of hydrogen-bond acceptors (Lipinski definition) is 6. The van der Waals surface area contributed by atoms with Crippen LogP contribution in [0.4, 0.5) is 8.68 Å². The number of carbonyl (C=O) groups is 2. The van der Waals surface area contributed by atoms with Gasteiger partial charge < -0.3 is 14.4 Å². The van der Waals surface area contributed by atoms with Gasteiger partial charge >= 0.3 is 22.3 Å². The van der Waals surface area contributed by atoms with Gasteiger partial charge in [0.2, 0.25) is 0 Å². The molecule has 1 spiro atoms. The Morgan fingerprint density at radius 2 is 1.96 bits per heavy atom. The fourth-order valence-electron chi connectivity index (χ4n) is 3.08. The van der Waals surface area contributed by atoms with Crippen LogP contribution < -0.4 is 0 Å². The molecule has 2 fully saturated rings. The number of cyclic esters (lactones) is 1. The number of esters is 1. The summed E-state index contributed by atoms with van der Waals surface area (Å²) in [5, 5.41) is 0. The summed E-state index contributed by atoms with van der Waals surface area (Å²) in [7, 11) is -4.74. The zero-order chi connectivity index (χ0) is 17.5. The monoisotopic (exact) mass is 351 g/mol. The molecule has 0 radical (unpaired) electrons. The van der Waals surface area contributed by atoms with Crippen molar-refractivity contribution in [3.8, 4) is 0 Å². The number of carbonyl (C=O) groups excluding carboxylic acids is 2. The van der Waals surface area contributed by atoms with Crippen molar-refractivity contribution in [3.05, 3.63) is 0 Å². The fourth-order valence-corrected chi connectivity index (χ4v) is 3.86. The Morgan fingerprint density at radius 1 is 1.39 bits per heavy atom. The number of ether oxygens (including phenoxy) is 2. The van der Waals surface area contributed by atoms with Gasteiger partial charge in [-0.25, -0.2) is 4.79 Å². The Balaban J connectivity index is 2.03. The van der Waals surface area contributed by atoms with Crippen molar-refractivity contribution in [3.63, 3.8) is 0 Å². The van der Waals surface area contributed by atoms with Crippen LogP contribution in [-0.4, -0.2) is 55.9 Å². The molecule has 2 heterocycles. The summed E-state index contributed by atoms with van der Waals surface area (Å²) in [5.41, 5.74) is -1.34. The summed E-state index contributed by atoms with van der Waals surface area (Å²) in [6.07, 6.45) is -0.649. The molecule has 9 heteroatoms. The van der Waals surface area contributed by atoms with E-state index >= 15 is 0 Å². The summed E-state index contributed by atoms with van der Waals surface area (Å²) in [6, 6.07) is 0. The largest absolute Gasteiger partial charge is 0.461 e. The number of piperidine rings is 1. The zero-order valence-corrected chi connectivity index (χ0v) is 14.3. The molecule has 0 aromatic carbocycles. The highest BCUT2D eigenvalue weighted by molar-refractivity contribution is 7.86. The van der Waals surface area contributed by atoms with Crippen molar-refractivity contribution in [2.24, 2.45) is 5.41 Å². The van der Waals surface area contributed by atoms with E-state index in [4.69, 9.17) is 9.47 Å². The van der Waals surface area contributed by atoms with Crippen LogP contribution in [-0.2, 0) is 24.5 Å². The topological polar surface area (TPSA) is 90.0 Å². The van der Waals surface area contributed by atoms with Gasteiger partial charge in [0.05, 0.1) is 6.42 Å². The molecule has 2 rings (SSSR count). The molecule has 2 saturated heterocycles. The quantitative estimate of drug-likeness (QED) is 0.555. The Hall–Kier alpha value is -1.38. The third-order valence-corrected chi connectivity index (χ3v) is 4.92. The first-order valence-electron chi connectivity index (χ1n) is 7.50. The average Bonchev–Trinajstić information content (AvgIpc) is 2.61.